The molecule has 1 N–H and O–H groups in total. The minimum atomic E-state index is -0.162. The van der Waals surface area contributed by atoms with Gasteiger partial charge in [0.1, 0.15) is 5.78 Å². The van der Waals surface area contributed by atoms with Crippen molar-refractivity contribution in [1.29, 1.82) is 0 Å². The summed E-state index contributed by atoms with van der Waals surface area (Å²) in [5, 5.41) is 10.6. The third-order valence-electron chi connectivity index (χ3n) is 8.64. The van der Waals surface area contributed by atoms with Crippen LogP contribution >= 0.6 is 0 Å². The first kappa shape index (κ1) is 16.1. The molecule has 0 amide bonds. The maximum absolute atomic E-state index is 12.0. The Kier molecular flexibility index (Phi) is 3.70. The molecule has 130 valence electrons. The lowest BCUT2D eigenvalue weighted by Gasteiger charge is -2.62. The molecule has 3 heteroatoms. The molecule has 4 rings (SSSR count). The molecule has 6 unspecified atom stereocenters. The molecule has 0 aromatic heterocycles. The summed E-state index contributed by atoms with van der Waals surface area (Å²) in [6, 6.07) is 0. The zero-order valence-electron chi connectivity index (χ0n) is 14.9. The van der Waals surface area contributed by atoms with E-state index in [1.807, 2.05) is 7.11 Å². The quantitative estimate of drug-likeness (QED) is 0.803. The van der Waals surface area contributed by atoms with Crippen molar-refractivity contribution >= 4 is 5.78 Å². The number of rotatable bonds is 1. The molecule has 0 spiro atoms. The number of ether oxygens (including phenoxy) is 1. The maximum Gasteiger partial charge on any atom is 0.133 e. The third kappa shape index (κ3) is 2.12. The topological polar surface area (TPSA) is 46.5 Å². The highest BCUT2D eigenvalue weighted by Gasteiger charge is 2.63. The first-order chi connectivity index (χ1) is 10.9. The van der Waals surface area contributed by atoms with Crippen molar-refractivity contribution in [1.82, 2.24) is 0 Å². The summed E-state index contributed by atoms with van der Waals surface area (Å²) in [6.07, 6.45) is 8.23. The molecule has 4 aliphatic carbocycles. The second-order valence-corrected chi connectivity index (χ2v) is 9.40. The summed E-state index contributed by atoms with van der Waals surface area (Å²) < 4.78 is 6.03. The van der Waals surface area contributed by atoms with Gasteiger partial charge in [0.15, 0.2) is 0 Å². The fraction of sp³-hybridized carbons (Fsp3) is 0.950. The first-order valence-electron chi connectivity index (χ1n) is 9.62. The van der Waals surface area contributed by atoms with Gasteiger partial charge in [0.2, 0.25) is 0 Å². The molecule has 0 heterocycles. The summed E-state index contributed by atoms with van der Waals surface area (Å²) in [4.78, 5) is 12.0. The lowest BCUT2D eigenvalue weighted by molar-refractivity contribution is -0.185. The molecule has 0 aromatic rings. The number of carbonyl (C=O) groups excluding carboxylic acids is 1. The van der Waals surface area contributed by atoms with Crippen molar-refractivity contribution in [2.45, 2.75) is 77.4 Å². The van der Waals surface area contributed by atoms with Crippen molar-refractivity contribution in [2.75, 3.05) is 7.11 Å². The second kappa shape index (κ2) is 5.29. The minimum Gasteiger partial charge on any atom is -0.393 e. The number of aliphatic hydroxyl groups excluding tert-OH is 1. The largest absolute Gasteiger partial charge is 0.393 e. The van der Waals surface area contributed by atoms with E-state index in [0.29, 0.717) is 29.5 Å². The van der Waals surface area contributed by atoms with Crippen molar-refractivity contribution in [3.63, 3.8) is 0 Å². The highest BCUT2D eigenvalue weighted by molar-refractivity contribution is 5.79. The number of fused-ring (bicyclic) bond motifs is 5. The Morgan fingerprint density at radius 2 is 1.91 bits per heavy atom. The van der Waals surface area contributed by atoms with E-state index in [0.717, 1.165) is 32.1 Å². The van der Waals surface area contributed by atoms with Crippen LogP contribution in [0.25, 0.3) is 0 Å². The molecule has 4 fully saturated rings. The fourth-order valence-corrected chi connectivity index (χ4v) is 7.33. The van der Waals surface area contributed by atoms with E-state index in [4.69, 9.17) is 4.74 Å². The normalized spacial score (nSPS) is 55.9. The first-order valence-corrected chi connectivity index (χ1v) is 9.62. The van der Waals surface area contributed by atoms with Crippen molar-refractivity contribution in [3.05, 3.63) is 0 Å². The summed E-state index contributed by atoms with van der Waals surface area (Å²) in [5.74, 6) is 2.91. The lowest BCUT2D eigenvalue weighted by atomic mass is 9.44. The smallest absolute Gasteiger partial charge is 0.133 e. The van der Waals surface area contributed by atoms with Gasteiger partial charge in [-0.25, -0.2) is 0 Å². The molecule has 0 aromatic carbocycles. The third-order valence-corrected chi connectivity index (χ3v) is 8.64. The maximum atomic E-state index is 12.0. The number of carbonyl (C=O) groups is 1. The standard InChI is InChI=1S/C20H32O3/c1-19-9-8-13(21)10-12(19)4-5-14-15-6-7-17(22)20(15,2)11-16(23-3)18(14)19/h12,14-18,22H,4-11H2,1-3H3/t12?,14?,15?,16-,17?,18?,19?,20-/m0/s1. The van der Waals surface area contributed by atoms with Crippen molar-refractivity contribution in [2.24, 2.45) is 34.5 Å². The van der Waals surface area contributed by atoms with Gasteiger partial charge in [-0.15, -0.1) is 0 Å². The average molecular weight is 320 g/mol. The van der Waals surface area contributed by atoms with Gasteiger partial charge in [0, 0.05) is 20.0 Å². The Balaban J connectivity index is 1.71. The molecule has 0 saturated heterocycles. The van der Waals surface area contributed by atoms with Crippen LogP contribution in [-0.2, 0) is 9.53 Å². The number of ketones is 1. The Hall–Kier alpha value is -0.410. The van der Waals surface area contributed by atoms with Gasteiger partial charge in [-0.2, -0.15) is 0 Å². The SMILES string of the molecule is CO[C@H]1C[C@]2(C)C(O)CCC2C2CCC3CC(=O)CCC3(C)C21. The van der Waals surface area contributed by atoms with E-state index < -0.39 is 0 Å². The Bertz CT molecular complexity index is 503. The molecule has 0 aliphatic heterocycles. The van der Waals surface area contributed by atoms with Crippen molar-refractivity contribution in [3.8, 4) is 0 Å². The molecule has 3 nitrogen and oxygen atoms in total. The van der Waals surface area contributed by atoms with Crippen LogP contribution in [0.3, 0.4) is 0 Å². The lowest BCUT2D eigenvalue weighted by Crippen LogP contribution is -2.59. The average Bonchev–Trinajstić information content (AvgIpc) is 2.82. The zero-order chi connectivity index (χ0) is 16.4. The van der Waals surface area contributed by atoms with Crippen LogP contribution in [0, 0.1) is 34.5 Å². The summed E-state index contributed by atoms with van der Waals surface area (Å²) in [7, 11) is 1.85. The van der Waals surface area contributed by atoms with Gasteiger partial charge in [0.25, 0.3) is 0 Å². The molecular formula is C20H32O3. The van der Waals surface area contributed by atoms with E-state index in [-0.39, 0.29) is 23.0 Å². The van der Waals surface area contributed by atoms with Crippen LogP contribution in [0.5, 0.6) is 0 Å². The van der Waals surface area contributed by atoms with Gasteiger partial charge in [-0.3, -0.25) is 4.79 Å². The van der Waals surface area contributed by atoms with E-state index in [1.165, 1.54) is 19.3 Å². The van der Waals surface area contributed by atoms with Crippen LogP contribution in [0.1, 0.15) is 65.2 Å². The van der Waals surface area contributed by atoms with Gasteiger partial charge in [-0.05, 0) is 73.0 Å². The Labute approximate surface area is 140 Å². The molecule has 0 radical (unpaired) electrons. The van der Waals surface area contributed by atoms with E-state index >= 15 is 0 Å². The number of Topliss-reactive ketones (excluding diaryl/α,β-unsaturated/α-hetero) is 1. The minimum absolute atomic E-state index is 0.0372. The van der Waals surface area contributed by atoms with Crippen molar-refractivity contribution < 1.29 is 14.6 Å². The summed E-state index contributed by atoms with van der Waals surface area (Å²) >= 11 is 0. The van der Waals surface area contributed by atoms with Crippen LogP contribution < -0.4 is 0 Å². The molecule has 8 atom stereocenters. The molecule has 4 saturated carbocycles. The monoisotopic (exact) mass is 320 g/mol. The molecule has 0 bridgehead atoms. The zero-order valence-corrected chi connectivity index (χ0v) is 14.9. The van der Waals surface area contributed by atoms with Crippen LogP contribution in [-0.4, -0.2) is 30.2 Å². The van der Waals surface area contributed by atoms with Crippen LogP contribution in [0.15, 0.2) is 0 Å². The predicted molar refractivity (Wildman–Crippen MR) is 88.9 cm³/mol. The number of aliphatic hydroxyl groups is 1. The second-order valence-electron chi connectivity index (χ2n) is 9.40. The molecule has 4 aliphatic rings. The molecule has 23 heavy (non-hydrogen) atoms. The van der Waals surface area contributed by atoms with Crippen LogP contribution in [0.4, 0.5) is 0 Å². The summed E-state index contributed by atoms with van der Waals surface area (Å²) in [5.41, 5.74) is 0.294. The highest BCUT2D eigenvalue weighted by atomic mass is 16.5. The predicted octanol–water partition coefficient (Wildman–Crippen LogP) is 3.58. The number of hydrogen-bond donors (Lipinski definition) is 1. The van der Waals surface area contributed by atoms with Gasteiger partial charge >= 0.3 is 0 Å². The van der Waals surface area contributed by atoms with Crippen LogP contribution in [0.2, 0.25) is 0 Å². The van der Waals surface area contributed by atoms with Gasteiger partial charge in [-0.1, -0.05) is 13.8 Å². The van der Waals surface area contributed by atoms with Gasteiger partial charge < -0.3 is 9.84 Å². The Morgan fingerprint density at radius 3 is 2.65 bits per heavy atom. The summed E-state index contributed by atoms with van der Waals surface area (Å²) in [6.45, 7) is 4.75. The number of hydrogen-bond acceptors (Lipinski definition) is 3. The highest BCUT2D eigenvalue weighted by Crippen LogP contribution is 2.66. The Morgan fingerprint density at radius 1 is 1.13 bits per heavy atom. The van der Waals surface area contributed by atoms with E-state index in [1.54, 1.807) is 0 Å². The number of methoxy groups -OCH3 is 1. The fourth-order valence-electron chi connectivity index (χ4n) is 7.33. The van der Waals surface area contributed by atoms with E-state index in [2.05, 4.69) is 13.8 Å². The molecular weight excluding hydrogens is 288 g/mol. The van der Waals surface area contributed by atoms with Gasteiger partial charge in [0.05, 0.1) is 12.2 Å². The van der Waals surface area contributed by atoms with E-state index in [9.17, 15) is 9.90 Å².